The molecule has 4 aromatic rings. The predicted octanol–water partition coefficient (Wildman–Crippen LogP) is 4.77. The molecule has 23 heavy (non-hydrogen) atoms. The van der Waals surface area contributed by atoms with Crippen LogP contribution in [0.5, 0.6) is 0 Å². The summed E-state index contributed by atoms with van der Waals surface area (Å²) in [4.78, 5) is 8.66. The summed E-state index contributed by atoms with van der Waals surface area (Å²) in [5, 5.41) is 5.40. The van der Waals surface area contributed by atoms with Crippen LogP contribution < -0.4 is 0 Å². The monoisotopic (exact) mass is 340 g/mol. The number of hydrogen-bond donors (Lipinski definition) is 0. The summed E-state index contributed by atoms with van der Waals surface area (Å²) in [6, 6.07) is 13.2. The zero-order chi connectivity index (χ0) is 15.8. The first-order chi connectivity index (χ1) is 11.2. The zero-order valence-corrected chi connectivity index (χ0v) is 13.3. The van der Waals surface area contributed by atoms with Gasteiger partial charge in [0.2, 0.25) is 0 Å². The van der Waals surface area contributed by atoms with Crippen LogP contribution in [-0.4, -0.2) is 19.6 Å². The van der Waals surface area contributed by atoms with Gasteiger partial charge in [0.05, 0.1) is 10.7 Å². The number of fused-ring (bicyclic) bond motifs is 1. The highest BCUT2D eigenvalue weighted by atomic mass is 35.5. The maximum Gasteiger partial charge on any atom is 0.155 e. The Morgan fingerprint density at radius 2 is 1.83 bits per heavy atom. The Kier molecular flexibility index (Phi) is 3.48. The summed E-state index contributed by atoms with van der Waals surface area (Å²) < 4.78 is 1.73. The summed E-state index contributed by atoms with van der Waals surface area (Å²) in [5.74, 6) is 0. The van der Waals surface area contributed by atoms with E-state index in [1.165, 1.54) is 6.33 Å². The number of rotatable bonds is 2. The smallest absolute Gasteiger partial charge is 0.155 e. The van der Waals surface area contributed by atoms with Gasteiger partial charge >= 0.3 is 0 Å². The van der Waals surface area contributed by atoms with Crippen molar-refractivity contribution in [3.63, 3.8) is 0 Å². The SMILES string of the molecule is Clc1ccc(Cl)c(-c2ncccc2-c2ccc3ncnn3c2)c1. The van der Waals surface area contributed by atoms with E-state index < -0.39 is 0 Å². The lowest BCUT2D eigenvalue weighted by atomic mass is 10.0. The fraction of sp³-hybridized carbons (Fsp3) is 0. The highest BCUT2D eigenvalue weighted by Gasteiger charge is 2.13. The molecule has 0 amide bonds. The second kappa shape index (κ2) is 5.65. The molecular weight excluding hydrogens is 331 g/mol. The van der Waals surface area contributed by atoms with Gasteiger partial charge in [-0.15, -0.1) is 0 Å². The van der Waals surface area contributed by atoms with Crippen molar-refractivity contribution >= 4 is 28.8 Å². The fourth-order valence-electron chi connectivity index (χ4n) is 2.51. The molecule has 0 N–H and O–H groups in total. The van der Waals surface area contributed by atoms with Gasteiger partial charge in [0.15, 0.2) is 5.65 Å². The van der Waals surface area contributed by atoms with Crippen molar-refractivity contribution in [2.45, 2.75) is 0 Å². The van der Waals surface area contributed by atoms with Crippen LogP contribution in [0, 0.1) is 0 Å². The Morgan fingerprint density at radius 1 is 0.913 bits per heavy atom. The molecule has 0 saturated carbocycles. The summed E-state index contributed by atoms with van der Waals surface area (Å²) in [7, 11) is 0. The summed E-state index contributed by atoms with van der Waals surface area (Å²) in [6.07, 6.45) is 5.18. The molecule has 1 aromatic carbocycles. The third kappa shape index (κ3) is 2.56. The van der Waals surface area contributed by atoms with E-state index in [4.69, 9.17) is 23.2 Å². The van der Waals surface area contributed by atoms with Crippen LogP contribution in [0.2, 0.25) is 10.0 Å². The molecule has 4 nitrogen and oxygen atoms in total. The van der Waals surface area contributed by atoms with Crippen molar-refractivity contribution in [2.75, 3.05) is 0 Å². The topological polar surface area (TPSA) is 43.1 Å². The Morgan fingerprint density at radius 3 is 2.74 bits per heavy atom. The van der Waals surface area contributed by atoms with Crippen molar-refractivity contribution in [1.82, 2.24) is 19.6 Å². The summed E-state index contributed by atoms with van der Waals surface area (Å²) in [6.45, 7) is 0. The van der Waals surface area contributed by atoms with Gasteiger partial charge in [-0.2, -0.15) is 5.10 Å². The van der Waals surface area contributed by atoms with Gasteiger partial charge in [0.1, 0.15) is 6.33 Å². The van der Waals surface area contributed by atoms with Crippen LogP contribution in [0.25, 0.3) is 28.0 Å². The van der Waals surface area contributed by atoms with Gasteiger partial charge in [-0.3, -0.25) is 4.98 Å². The maximum atomic E-state index is 6.34. The molecule has 4 rings (SSSR count). The van der Waals surface area contributed by atoms with Gasteiger partial charge in [-0.05, 0) is 36.4 Å². The van der Waals surface area contributed by atoms with E-state index in [0.717, 1.165) is 28.0 Å². The van der Waals surface area contributed by atoms with E-state index in [1.54, 1.807) is 22.8 Å². The van der Waals surface area contributed by atoms with Gasteiger partial charge in [0, 0.05) is 34.1 Å². The maximum absolute atomic E-state index is 6.34. The molecule has 0 bridgehead atoms. The lowest BCUT2D eigenvalue weighted by molar-refractivity contribution is 0.962. The summed E-state index contributed by atoms with van der Waals surface area (Å²) in [5.41, 5.74) is 4.30. The first kappa shape index (κ1) is 14.2. The number of halogens is 2. The second-order valence-corrected chi connectivity index (χ2v) is 5.85. The van der Waals surface area contributed by atoms with Crippen LogP contribution in [0.1, 0.15) is 0 Å². The highest BCUT2D eigenvalue weighted by molar-refractivity contribution is 6.35. The van der Waals surface area contributed by atoms with Crippen LogP contribution >= 0.6 is 23.2 Å². The highest BCUT2D eigenvalue weighted by Crippen LogP contribution is 2.35. The molecule has 112 valence electrons. The second-order valence-electron chi connectivity index (χ2n) is 5.00. The average molecular weight is 341 g/mol. The molecule has 0 aliphatic rings. The Labute approximate surface area is 142 Å². The van der Waals surface area contributed by atoms with Crippen molar-refractivity contribution < 1.29 is 0 Å². The third-order valence-corrected chi connectivity index (χ3v) is 4.14. The van der Waals surface area contributed by atoms with E-state index in [-0.39, 0.29) is 0 Å². The number of pyridine rings is 2. The molecule has 0 saturated heterocycles. The molecule has 3 aromatic heterocycles. The average Bonchev–Trinajstić information content (AvgIpc) is 3.05. The number of aromatic nitrogens is 4. The van der Waals surface area contributed by atoms with E-state index in [2.05, 4.69) is 15.1 Å². The molecule has 0 fully saturated rings. The Bertz CT molecular complexity index is 1010. The van der Waals surface area contributed by atoms with Crippen LogP contribution in [0.15, 0.2) is 61.2 Å². The van der Waals surface area contributed by atoms with Crippen molar-refractivity contribution in [2.24, 2.45) is 0 Å². The molecule has 0 atom stereocenters. The quantitative estimate of drug-likeness (QED) is 0.528. The van der Waals surface area contributed by atoms with Crippen molar-refractivity contribution in [1.29, 1.82) is 0 Å². The standard InChI is InChI=1S/C17H10Cl2N4/c18-12-4-5-15(19)14(8-12)17-13(2-1-7-20-17)11-3-6-16-21-10-22-23(16)9-11/h1-10H. The molecule has 0 spiro atoms. The van der Waals surface area contributed by atoms with Gasteiger partial charge < -0.3 is 0 Å². The number of hydrogen-bond acceptors (Lipinski definition) is 3. The molecule has 6 heteroatoms. The van der Waals surface area contributed by atoms with Crippen LogP contribution in [-0.2, 0) is 0 Å². The Hall–Kier alpha value is -2.43. The van der Waals surface area contributed by atoms with Crippen molar-refractivity contribution in [3.8, 4) is 22.4 Å². The van der Waals surface area contributed by atoms with Gasteiger partial charge in [-0.1, -0.05) is 29.3 Å². The number of nitrogens with zero attached hydrogens (tertiary/aromatic N) is 4. The Balaban J connectivity index is 1.94. The first-order valence-corrected chi connectivity index (χ1v) is 7.68. The minimum Gasteiger partial charge on any atom is -0.256 e. The fourth-order valence-corrected chi connectivity index (χ4v) is 2.89. The molecule has 0 aliphatic heterocycles. The molecular formula is C17H10Cl2N4. The van der Waals surface area contributed by atoms with Gasteiger partial charge in [-0.25, -0.2) is 9.50 Å². The summed E-state index contributed by atoms with van der Waals surface area (Å²) >= 11 is 12.5. The zero-order valence-electron chi connectivity index (χ0n) is 11.8. The molecule has 0 aliphatic carbocycles. The van der Waals surface area contributed by atoms with E-state index in [0.29, 0.717) is 10.0 Å². The molecule has 3 heterocycles. The number of benzene rings is 1. The largest absolute Gasteiger partial charge is 0.256 e. The van der Waals surface area contributed by atoms with Crippen molar-refractivity contribution in [3.05, 3.63) is 71.2 Å². The third-order valence-electron chi connectivity index (χ3n) is 3.58. The molecule has 0 radical (unpaired) electrons. The van der Waals surface area contributed by atoms with E-state index >= 15 is 0 Å². The van der Waals surface area contributed by atoms with Crippen LogP contribution in [0.4, 0.5) is 0 Å². The minimum atomic E-state index is 0.608. The first-order valence-electron chi connectivity index (χ1n) is 6.92. The van der Waals surface area contributed by atoms with E-state index in [1.807, 2.05) is 36.5 Å². The lowest BCUT2D eigenvalue weighted by Gasteiger charge is -2.11. The van der Waals surface area contributed by atoms with Crippen LogP contribution in [0.3, 0.4) is 0 Å². The lowest BCUT2D eigenvalue weighted by Crippen LogP contribution is -1.93. The predicted molar refractivity (Wildman–Crippen MR) is 91.7 cm³/mol. The minimum absolute atomic E-state index is 0.608. The van der Waals surface area contributed by atoms with E-state index in [9.17, 15) is 0 Å². The molecule has 0 unspecified atom stereocenters. The normalized spacial score (nSPS) is 11.0. The van der Waals surface area contributed by atoms with Gasteiger partial charge in [0.25, 0.3) is 0 Å².